The molecular formula is C14H18ClN3. The maximum absolute atomic E-state index is 4.41. The first-order chi connectivity index (χ1) is 8.34. The van der Waals surface area contributed by atoms with Crippen LogP contribution in [0.15, 0.2) is 36.5 Å². The zero-order valence-corrected chi connectivity index (χ0v) is 11.3. The van der Waals surface area contributed by atoms with Crippen LogP contribution in [0.3, 0.4) is 0 Å². The third kappa shape index (κ3) is 2.42. The molecule has 96 valence electrons. The van der Waals surface area contributed by atoms with Gasteiger partial charge in [0.2, 0.25) is 0 Å². The molecule has 0 bridgehead atoms. The number of rotatable bonds is 2. The number of nitrogens with one attached hydrogen (secondary N) is 1. The summed E-state index contributed by atoms with van der Waals surface area (Å²) in [7, 11) is 2.17. The molecule has 0 saturated carbocycles. The van der Waals surface area contributed by atoms with Crippen LogP contribution in [0.25, 0.3) is 10.9 Å². The number of halogens is 1. The Morgan fingerprint density at radius 2 is 2.22 bits per heavy atom. The van der Waals surface area contributed by atoms with E-state index in [9.17, 15) is 0 Å². The lowest BCUT2D eigenvalue weighted by atomic mass is 10.1. The largest absolute Gasteiger partial charge is 0.370 e. The molecule has 2 aromatic rings. The summed E-state index contributed by atoms with van der Waals surface area (Å²) in [5, 5.41) is 4.61. The molecule has 1 aromatic carbocycles. The molecular weight excluding hydrogens is 246 g/mol. The Kier molecular flexibility index (Phi) is 4.04. The second-order valence-corrected chi connectivity index (χ2v) is 4.64. The van der Waals surface area contributed by atoms with E-state index in [2.05, 4.69) is 46.5 Å². The number of benzene rings is 1. The number of hydrogen-bond acceptors (Lipinski definition) is 3. The standard InChI is InChI=1S/C14H17N3.ClH/c1-17(13-6-8-15-10-13)12-5-4-11-3-2-7-16-14(11)9-12;/h2-5,7,9,13,15H,6,8,10H2,1H3;1H/t13-;/m0./s1. The predicted molar refractivity (Wildman–Crippen MR) is 78.7 cm³/mol. The molecule has 3 rings (SSSR count). The molecule has 1 aromatic heterocycles. The highest BCUT2D eigenvalue weighted by molar-refractivity contribution is 5.85. The fourth-order valence-corrected chi connectivity index (χ4v) is 2.46. The van der Waals surface area contributed by atoms with Gasteiger partial charge in [0.15, 0.2) is 0 Å². The lowest BCUT2D eigenvalue weighted by molar-refractivity contribution is 0.686. The van der Waals surface area contributed by atoms with Crippen LogP contribution in [0.5, 0.6) is 0 Å². The zero-order chi connectivity index (χ0) is 11.7. The third-order valence-corrected chi connectivity index (χ3v) is 3.58. The van der Waals surface area contributed by atoms with Crippen molar-refractivity contribution in [2.45, 2.75) is 12.5 Å². The molecule has 4 heteroatoms. The van der Waals surface area contributed by atoms with Gasteiger partial charge in [0, 0.05) is 36.9 Å². The molecule has 18 heavy (non-hydrogen) atoms. The molecule has 0 unspecified atom stereocenters. The van der Waals surface area contributed by atoms with E-state index in [1.54, 1.807) is 0 Å². The van der Waals surface area contributed by atoms with E-state index in [0.29, 0.717) is 6.04 Å². The van der Waals surface area contributed by atoms with E-state index >= 15 is 0 Å². The normalized spacial score (nSPS) is 18.6. The quantitative estimate of drug-likeness (QED) is 0.902. The van der Waals surface area contributed by atoms with E-state index in [1.165, 1.54) is 17.5 Å². The number of hydrogen-bond donors (Lipinski definition) is 1. The van der Waals surface area contributed by atoms with Gasteiger partial charge in [-0.1, -0.05) is 12.1 Å². The SMILES string of the molecule is CN(c1ccc2cccnc2c1)[C@H]1CCNC1.Cl. The Morgan fingerprint density at radius 3 is 3.00 bits per heavy atom. The highest BCUT2D eigenvalue weighted by atomic mass is 35.5. The topological polar surface area (TPSA) is 28.2 Å². The van der Waals surface area contributed by atoms with Crippen molar-refractivity contribution in [2.75, 3.05) is 25.0 Å². The van der Waals surface area contributed by atoms with Crippen molar-refractivity contribution in [1.82, 2.24) is 10.3 Å². The summed E-state index contributed by atoms with van der Waals surface area (Å²) in [4.78, 5) is 6.76. The van der Waals surface area contributed by atoms with Gasteiger partial charge in [-0.25, -0.2) is 0 Å². The van der Waals surface area contributed by atoms with Crippen molar-refractivity contribution in [2.24, 2.45) is 0 Å². The minimum atomic E-state index is 0. The van der Waals surface area contributed by atoms with E-state index in [1.807, 2.05) is 12.3 Å². The molecule has 1 atom stereocenters. The maximum atomic E-state index is 4.41. The fraction of sp³-hybridized carbons (Fsp3) is 0.357. The monoisotopic (exact) mass is 263 g/mol. The van der Waals surface area contributed by atoms with Gasteiger partial charge in [-0.15, -0.1) is 12.4 Å². The second kappa shape index (κ2) is 5.55. The van der Waals surface area contributed by atoms with Gasteiger partial charge in [0.25, 0.3) is 0 Å². The minimum absolute atomic E-state index is 0. The van der Waals surface area contributed by atoms with Gasteiger partial charge in [0.1, 0.15) is 0 Å². The Bertz CT molecular complexity index is 523. The van der Waals surface area contributed by atoms with Crippen LogP contribution in [-0.4, -0.2) is 31.2 Å². The zero-order valence-electron chi connectivity index (χ0n) is 10.5. The molecule has 1 N–H and O–H groups in total. The van der Waals surface area contributed by atoms with Crippen molar-refractivity contribution >= 4 is 29.0 Å². The van der Waals surface area contributed by atoms with Crippen molar-refractivity contribution in [3.8, 4) is 0 Å². The first-order valence-corrected chi connectivity index (χ1v) is 6.13. The Hall–Kier alpha value is -1.32. The Labute approximate surface area is 114 Å². The summed E-state index contributed by atoms with van der Waals surface area (Å²) in [5.41, 5.74) is 2.33. The summed E-state index contributed by atoms with van der Waals surface area (Å²) in [6, 6.07) is 11.2. The van der Waals surface area contributed by atoms with Crippen molar-refractivity contribution in [1.29, 1.82) is 0 Å². The van der Waals surface area contributed by atoms with Gasteiger partial charge in [-0.3, -0.25) is 4.98 Å². The van der Waals surface area contributed by atoms with E-state index in [-0.39, 0.29) is 12.4 Å². The van der Waals surface area contributed by atoms with Crippen molar-refractivity contribution < 1.29 is 0 Å². The first kappa shape index (κ1) is 13.1. The van der Waals surface area contributed by atoms with Gasteiger partial charge < -0.3 is 10.2 Å². The fourth-order valence-electron chi connectivity index (χ4n) is 2.46. The van der Waals surface area contributed by atoms with Crippen LogP contribution in [0.2, 0.25) is 0 Å². The Balaban J connectivity index is 0.00000120. The average Bonchev–Trinajstić information content (AvgIpc) is 2.91. The molecule has 3 nitrogen and oxygen atoms in total. The summed E-state index contributed by atoms with van der Waals surface area (Å²) >= 11 is 0. The number of nitrogens with zero attached hydrogens (tertiary/aromatic N) is 2. The molecule has 2 heterocycles. The third-order valence-electron chi connectivity index (χ3n) is 3.58. The maximum Gasteiger partial charge on any atom is 0.0722 e. The molecule has 1 aliphatic heterocycles. The summed E-state index contributed by atoms with van der Waals surface area (Å²) in [6.07, 6.45) is 3.07. The van der Waals surface area contributed by atoms with E-state index in [4.69, 9.17) is 0 Å². The smallest absolute Gasteiger partial charge is 0.0722 e. The van der Waals surface area contributed by atoms with Gasteiger partial charge >= 0.3 is 0 Å². The lowest BCUT2D eigenvalue weighted by Crippen LogP contribution is -2.33. The molecule has 0 radical (unpaired) electrons. The number of fused-ring (bicyclic) bond motifs is 1. The number of pyridine rings is 1. The van der Waals surface area contributed by atoms with Gasteiger partial charge in [0.05, 0.1) is 5.52 Å². The van der Waals surface area contributed by atoms with Crippen molar-refractivity contribution in [3.05, 3.63) is 36.5 Å². The summed E-state index contributed by atoms with van der Waals surface area (Å²) in [5.74, 6) is 0. The van der Waals surface area contributed by atoms with Crippen LogP contribution in [0, 0.1) is 0 Å². The van der Waals surface area contributed by atoms with Crippen LogP contribution < -0.4 is 10.2 Å². The molecule has 0 spiro atoms. The molecule has 1 fully saturated rings. The van der Waals surface area contributed by atoms with E-state index < -0.39 is 0 Å². The predicted octanol–water partition coefficient (Wildman–Crippen LogP) is 2.45. The molecule has 0 aliphatic carbocycles. The minimum Gasteiger partial charge on any atom is -0.370 e. The van der Waals surface area contributed by atoms with Crippen LogP contribution in [0.1, 0.15) is 6.42 Å². The molecule has 1 saturated heterocycles. The number of aromatic nitrogens is 1. The van der Waals surface area contributed by atoms with Gasteiger partial charge in [-0.05, 0) is 31.2 Å². The second-order valence-electron chi connectivity index (χ2n) is 4.64. The number of likely N-dealkylation sites (N-methyl/N-ethyl adjacent to an activating group) is 1. The Morgan fingerprint density at radius 1 is 1.33 bits per heavy atom. The van der Waals surface area contributed by atoms with Crippen LogP contribution in [-0.2, 0) is 0 Å². The highest BCUT2D eigenvalue weighted by Gasteiger charge is 2.19. The highest BCUT2D eigenvalue weighted by Crippen LogP contribution is 2.22. The van der Waals surface area contributed by atoms with Crippen LogP contribution >= 0.6 is 12.4 Å². The summed E-state index contributed by atoms with van der Waals surface area (Å²) in [6.45, 7) is 2.21. The average molecular weight is 264 g/mol. The van der Waals surface area contributed by atoms with E-state index in [0.717, 1.165) is 18.6 Å². The van der Waals surface area contributed by atoms with Gasteiger partial charge in [-0.2, -0.15) is 0 Å². The molecule has 0 amide bonds. The van der Waals surface area contributed by atoms with Crippen LogP contribution in [0.4, 0.5) is 5.69 Å². The first-order valence-electron chi connectivity index (χ1n) is 6.13. The number of anilines is 1. The lowest BCUT2D eigenvalue weighted by Gasteiger charge is -2.26. The van der Waals surface area contributed by atoms with Crippen molar-refractivity contribution in [3.63, 3.8) is 0 Å². The molecule has 1 aliphatic rings. The summed E-state index contributed by atoms with van der Waals surface area (Å²) < 4.78 is 0.